The predicted molar refractivity (Wildman–Crippen MR) is 141 cm³/mol. The number of aryl methyl sites for hydroxylation is 1. The number of hydrogen-bond acceptors (Lipinski definition) is 4. The largest absolute Gasteiger partial charge is 0.496 e. The number of nitrogens with zero attached hydrogens (tertiary/aromatic N) is 2. The number of quaternary nitrogens is 1. The number of likely N-dealkylation sites (tertiary alicyclic amines) is 1. The van der Waals surface area contributed by atoms with E-state index in [4.69, 9.17) is 4.74 Å². The zero-order chi connectivity index (χ0) is 25.1. The third-order valence-corrected chi connectivity index (χ3v) is 7.27. The molecule has 184 valence electrons. The van der Waals surface area contributed by atoms with Gasteiger partial charge in [-0.3, -0.25) is 5.32 Å². The smallest absolute Gasteiger partial charge is 0.428 e. The summed E-state index contributed by atoms with van der Waals surface area (Å²) in [6, 6.07) is 22.8. The molecule has 2 N–H and O–H groups in total. The maximum absolute atomic E-state index is 13.9. The van der Waals surface area contributed by atoms with E-state index in [0.717, 1.165) is 46.6 Å². The molecule has 36 heavy (non-hydrogen) atoms. The van der Waals surface area contributed by atoms with E-state index in [1.807, 2.05) is 79.7 Å². The van der Waals surface area contributed by atoms with Gasteiger partial charge < -0.3 is 9.72 Å². The summed E-state index contributed by atoms with van der Waals surface area (Å²) in [6.45, 7) is 2.50. The van der Waals surface area contributed by atoms with Crippen molar-refractivity contribution in [2.45, 2.75) is 38.6 Å². The number of rotatable bonds is 6. The van der Waals surface area contributed by atoms with E-state index in [-0.39, 0.29) is 28.9 Å². The number of nitrogens with one attached hydrogen (secondary N) is 2. The molecular formula is C29H31N4O3+. The Morgan fingerprint density at radius 2 is 1.75 bits per heavy atom. The number of para-hydroxylation sites is 4. The number of benzene rings is 3. The molecule has 7 heteroatoms. The van der Waals surface area contributed by atoms with Crippen molar-refractivity contribution >= 4 is 28.7 Å². The summed E-state index contributed by atoms with van der Waals surface area (Å²) in [7, 11) is 1.63. The molecule has 0 spiro atoms. The van der Waals surface area contributed by atoms with Gasteiger partial charge in [0.2, 0.25) is 0 Å². The molecular weight excluding hydrogens is 452 g/mol. The van der Waals surface area contributed by atoms with Gasteiger partial charge in [-0.1, -0.05) is 48.5 Å². The first kappa shape index (κ1) is 23.8. The van der Waals surface area contributed by atoms with Gasteiger partial charge in [0.25, 0.3) is 0 Å². The number of anilines is 1. The molecule has 1 saturated heterocycles. The number of ether oxygens (including phenoxy) is 1. The van der Waals surface area contributed by atoms with Crippen LogP contribution in [0.1, 0.15) is 32.0 Å². The highest BCUT2D eigenvalue weighted by Crippen LogP contribution is 2.36. The molecule has 0 aliphatic carbocycles. The van der Waals surface area contributed by atoms with Gasteiger partial charge in [-0.2, -0.15) is 4.48 Å². The second-order valence-electron chi connectivity index (χ2n) is 9.35. The molecule has 1 unspecified atom stereocenters. The van der Waals surface area contributed by atoms with Crippen LogP contribution < -0.4 is 10.1 Å². The van der Waals surface area contributed by atoms with Gasteiger partial charge in [-0.15, -0.1) is 0 Å². The molecule has 2 atom stereocenters. The summed E-state index contributed by atoms with van der Waals surface area (Å²) < 4.78 is 5.36. The third-order valence-electron chi connectivity index (χ3n) is 7.27. The van der Waals surface area contributed by atoms with E-state index in [1.54, 1.807) is 7.11 Å². The van der Waals surface area contributed by atoms with Crippen molar-refractivity contribution in [3.8, 4) is 16.9 Å². The van der Waals surface area contributed by atoms with Crippen LogP contribution in [-0.2, 0) is 11.2 Å². The van der Waals surface area contributed by atoms with E-state index >= 15 is 0 Å². The number of methoxy groups -OCH3 is 1. The lowest BCUT2D eigenvalue weighted by Gasteiger charge is -2.33. The molecule has 0 bridgehead atoms. The van der Waals surface area contributed by atoms with Crippen molar-refractivity contribution in [1.29, 1.82) is 0 Å². The standard InChI is InChI=1S/C29H30N4O3/c1-20-10-9-19-33(20,28(34)18-17-27-30-24-14-6-7-15-25(24)31-27)29(35)32-23-13-5-3-11-21(23)22-12-4-8-16-26(22)36-2/h3-8,11-16,20H,9-10,17-19H2,1-2H3,(H-,30,31,32,35)/p+1/t20-,33?/m1/s1. The molecule has 7 nitrogen and oxygen atoms in total. The summed E-state index contributed by atoms with van der Waals surface area (Å²) >= 11 is 0. The van der Waals surface area contributed by atoms with Gasteiger partial charge in [0.15, 0.2) is 0 Å². The minimum atomic E-state index is -0.281. The number of fused-ring (bicyclic) bond motifs is 1. The fraction of sp³-hybridized carbons (Fsp3) is 0.276. The second kappa shape index (κ2) is 9.95. The molecule has 1 aliphatic rings. The number of imidazole rings is 1. The Labute approximate surface area is 210 Å². The first-order valence-corrected chi connectivity index (χ1v) is 12.4. The number of imide groups is 1. The highest BCUT2D eigenvalue weighted by Gasteiger charge is 2.52. The first-order valence-electron chi connectivity index (χ1n) is 12.4. The summed E-state index contributed by atoms with van der Waals surface area (Å²) in [5, 5.41) is 3.11. The fourth-order valence-electron chi connectivity index (χ4n) is 5.32. The van der Waals surface area contributed by atoms with Crippen molar-refractivity contribution in [3.05, 3.63) is 78.6 Å². The van der Waals surface area contributed by atoms with Crippen LogP contribution >= 0.6 is 0 Å². The predicted octanol–water partition coefficient (Wildman–Crippen LogP) is 5.93. The van der Waals surface area contributed by atoms with Crippen LogP contribution in [0.2, 0.25) is 0 Å². The maximum atomic E-state index is 13.9. The molecule has 0 radical (unpaired) electrons. The fourth-order valence-corrected chi connectivity index (χ4v) is 5.32. The van der Waals surface area contributed by atoms with Crippen LogP contribution in [0, 0.1) is 0 Å². The highest BCUT2D eigenvalue weighted by atomic mass is 16.5. The lowest BCUT2D eigenvalue weighted by molar-refractivity contribution is -0.782. The SMILES string of the molecule is COc1ccccc1-c1ccccc1NC(=O)[N+]1(C(=O)CCc2nc3ccccc3[nH]2)CCC[C@H]1C. The van der Waals surface area contributed by atoms with Crippen LogP contribution in [0.15, 0.2) is 72.8 Å². The van der Waals surface area contributed by atoms with E-state index < -0.39 is 0 Å². The topological polar surface area (TPSA) is 84.1 Å². The molecule has 1 aromatic heterocycles. The average Bonchev–Trinajstić information content (AvgIpc) is 3.51. The van der Waals surface area contributed by atoms with Gasteiger partial charge in [0, 0.05) is 30.4 Å². The number of urea groups is 1. The van der Waals surface area contributed by atoms with Gasteiger partial charge in [0.05, 0.1) is 36.8 Å². The number of carbonyl (C=O) groups excluding carboxylic acids is 2. The number of amides is 3. The maximum Gasteiger partial charge on any atom is 0.428 e. The molecule has 1 fully saturated rings. The molecule has 0 saturated carbocycles. The first-order chi connectivity index (χ1) is 17.5. The lowest BCUT2D eigenvalue weighted by atomic mass is 10.0. The van der Waals surface area contributed by atoms with Crippen molar-refractivity contribution in [2.75, 3.05) is 19.0 Å². The molecule has 5 rings (SSSR count). The molecule has 4 aromatic rings. The minimum absolute atomic E-state index is 0.0762. The van der Waals surface area contributed by atoms with E-state index in [9.17, 15) is 9.59 Å². The third kappa shape index (κ3) is 4.27. The van der Waals surface area contributed by atoms with Crippen LogP contribution in [0.5, 0.6) is 5.75 Å². The Balaban J connectivity index is 1.40. The second-order valence-corrected chi connectivity index (χ2v) is 9.35. The van der Waals surface area contributed by atoms with E-state index in [2.05, 4.69) is 15.3 Å². The van der Waals surface area contributed by atoms with Gasteiger partial charge >= 0.3 is 11.9 Å². The van der Waals surface area contributed by atoms with Crippen LogP contribution in [0.4, 0.5) is 10.5 Å². The number of aromatic nitrogens is 2. The summed E-state index contributed by atoms with van der Waals surface area (Å²) in [4.78, 5) is 35.5. The van der Waals surface area contributed by atoms with E-state index in [1.165, 1.54) is 0 Å². The summed E-state index contributed by atoms with van der Waals surface area (Å²) in [5.74, 6) is 1.41. The highest BCUT2D eigenvalue weighted by molar-refractivity contribution is 5.97. The van der Waals surface area contributed by atoms with E-state index in [0.29, 0.717) is 18.7 Å². The minimum Gasteiger partial charge on any atom is -0.496 e. The Morgan fingerprint density at radius 3 is 2.50 bits per heavy atom. The summed E-state index contributed by atoms with van der Waals surface area (Å²) in [5.41, 5.74) is 4.22. The Bertz CT molecular complexity index is 1380. The quantitative estimate of drug-likeness (QED) is 0.333. The zero-order valence-electron chi connectivity index (χ0n) is 20.7. The normalized spacial score (nSPS) is 19.3. The van der Waals surface area contributed by atoms with Crippen LogP contribution in [-0.4, -0.2) is 46.1 Å². The van der Waals surface area contributed by atoms with Crippen LogP contribution in [0.3, 0.4) is 0 Å². The Kier molecular flexibility index (Phi) is 6.57. The molecule has 3 aromatic carbocycles. The number of aromatic amines is 1. The van der Waals surface area contributed by atoms with Crippen LogP contribution in [0.25, 0.3) is 22.2 Å². The van der Waals surface area contributed by atoms with Gasteiger partial charge in [0.1, 0.15) is 17.6 Å². The number of H-pyrrole nitrogens is 1. The lowest BCUT2D eigenvalue weighted by Crippen LogP contribution is -2.60. The van der Waals surface area contributed by atoms with Crippen molar-refractivity contribution in [3.63, 3.8) is 0 Å². The molecule has 3 amide bonds. The average molecular weight is 484 g/mol. The molecule has 2 heterocycles. The zero-order valence-corrected chi connectivity index (χ0v) is 20.7. The van der Waals surface area contributed by atoms with Crippen molar-refractivity contribution in [2.24, 2.45) is 0 Å². The Morgan fingerprint density at radius 1 is 1.03 bits per heavy atom. The van der Waals surface area contributed by atoms with Crippen molar-refractivity contribution in [1.82, 2.24) is 9.97 Å². The van der Waals surface area contributed by atoms with Gasteiger partial charge in [-0.25, -0.2) is 14.6 Å². The Hall–Kier alpha value is -3.97. The monoisotopic (exact) mass is 483 g/mol. The number of hydrogen-bond donors (Lipinski definition) is 2. The van der Waals surface area contributed by atoms with Gasteiger partial charge in [-0.05, 0) is 31.2 Å². The number of carbonyl (C=O) groups is 2. The van der Waals surface area contributed by atoms with Crippen molar-refractivity contribution < 1.29 is 18.8 Å². The summed E-state index contributed by atoms with van der Waals surface area (Å²) in [6.07, 6.45) is 2.37. The molecule has 1 aliphatic heterocycles.